The first-order valence-electron chi connectivity index (χ1n) is 5.17. The molecular formula is C11H17N3O2. The van der Waals surface area contributed by atoms with Gasteiger partial charge >= 0.3 is 0 Å². The fourth-order valence-corrected chi connectivity index (χ4v) is 1.29. The molecule has 0 aliphatic heterocycles. The predicted octanol–water partition coefficient (Wildman–Crippen LogP) is 2.78. The van der Waals surface area contributed by atoms with Crippen molar-refractivity contribution in [2.24, 2.45) is 0 Å². The highest BCUT2D eigenvalue weighted by Crippen LogP contribution is 2.25. The number of nitrogens with two attached hydrogens (primary N) is 1. The summed E-state index contributed by atoms with van der Waals surface area (Å²) in [6.45, 7) is 6.11. The zero-order valence-electron chi connectivity index (χ0n) is 9.78. The van der Waals surface area contributed by atoms with Crippen molar-refractivity contribution in [1.29, 1.82) is 0 Å². The molecule has 0 amide bonds. The molecule has 0 fully saturated rings. The van der Waals surface area contributed by atoms with Crippen LogP contribution in [0.3, 0.4) is 0 Å². The lowest BCUT2D eigenvalue weighted by Crippen LogP contribution is -2.29. The van der Waals surface area contributed by atoms with Crippen LogP contribution >= 0.6 is 0 Å². The third-order valence-corrected chi connectivity index (χ3v) is 2.52. The van der Waals surface area contributed by atoms with Gasteiger partial charge in [-0.05, 0) is 26.3 Å². The minimum absolute atomic E-state index is 0.00871. The smallest absolute Gasteiger partial charge is 0.273 e. The van der Waals surface area contributed by atoms with Crippen LogP contribution in [0.5, 0.6) is 0 Å². The SMILES string of the molecule is CCC(C)(C)Nc1cc(N)cc([N+](=O)[O-])c1. The number of anilines is 2. The fourth-order valence-electron chi connectivity index (χ4n) is 1.29. The predicted molar refractivity (Wildman–Crippen MR) is 65.5 cm³/mol. The Labute approximate surface area is 94.8 Å². The van der Waals surface area contributed by atoms with Crippen LogP contribution in [0.4, 0.5) is 17.1 Å². The molecule has 88 valence electrons. The molecule has 0 atom stereocenters. The van der Waals surface area contributed by atoms with E-state index in [0.717, 1.165) is 6.42 Å². The van der Waals surface area contributed by atoms with Gasteiger partial charge in [0.15, 0.2) is 0 Å². The molecule has 1 aromatic rings. The summed E-state index contributed by atoms with van der Waals surface area (Å²) in [4.78, 5) is 10.2. The van der Waals surface area contributed by atoms with Crippen molar-refractivity contribution in [2.45, 2.75) is 32.7 Å². The van der Waals surface area contributed by atoms with Crippen molar-refractivity contribution in [2.75, 3.05) is 11.1 Å². The topological polar surface area (TPSA) is 81.2 Å². The van der Waals surface area contributed by atoms with Gasteiger partial charge in [0.25, 0.3) is 5.69 Å². The first kappa shape index (κ1) is 12.3. The molecule has 16 heavy (non-hydrogen) atoms. The van der Waals surface area contributed by atoms with Gasteiger partial charge in [-0.1, -0.05) is 6.92 Å². The van der Waals surface area contributed by atoms with Crippen LogP contribution < -0.4 is 11.1 Å². The maximum absolute atomic E-state index is 10.7. The van der Waals surface area contributed by atoms with Crippen LogP contribution in [-0.2, 0) is 0 Å². The summed E-state index contributed by atoms with van der Waals surface area (Å²) in [5, 5.41) is 13.9. The van der Waals surface area contributed by atoms with Crippen LogP contribution in [0.15, 0.2) is 18.2 Å². The number of nitro benzene ring substituents is 1. The molecule has 0 spiro atoms. The minimum Gasteiger partial charge on any atom is -0.398 e. The lowest BCUT2D eigenvalue weighted by molar-refractivity contribution is -0.384. The lowest BCUT2D eigenvalue weighted by atomic mass is 10.0. The maximum atomic E-state index is 10.7. The van der Waals surface area contributed by atoms with Crippen molar-refractivity contribution >= 4 is 17.1 Å². The summed E-state index contributed by atoms with van der Waals surface area (Å²) in [5.74, 6) is 0. The highest BCUT2D eigenvalue weighted by molar-refractivity contribution is 5.62. The van der Waals surface area contributed by atoms with Crippen LogP contribution in [-0.4, -0.2) is 10.5 Å². The van der Waals surface area contributed by atoms with Gasteiger partial charge in [-0.3, -0.25) is 10.1 Å². The van der Waals surface area contributed by atoms with Crippen LogP contribution in [0.1, 0.15) is 27.2 Å². The van der Waals surface area contributed by atoms with Crippen LogP contribution in [0, 0.1) is 10.1 Å². The molecule has 5 heteroatoms. The molecule has 0 radical (unpaired) electrons. The Balaban J connectivity index is 3.01. The second kappa shape index (κ2) is 4.38. The van der Waals surface area contributed by atoms with Crippen molar-refractivity contribution in [3.05, 3.63) is 28.3 Å². The van der Waals surface area contributed by atoms with E-state index in [9.17, 15) is 10.1 Å². The van der Waals surface area contributed by atoms with Gasteiger partial charge in [0.1, 0.15) is 0 Å². The van der Waals surface area contributed by atoms with E-state index in [4.69, 9.17) is 5.73 Å². The third-order valence-electron chi connectivity index (χ3n) is 2.52. The zero-order chi connectivity index (χ0) is 12.3. The van der Waals surface area contributed by atoms with Gasteiger partial charge in [-0.15, -0.1) is 0 Å². The summed E-state index contributed by atoms with van der Waals surface area (Å²) < 4.78 is 0. The Morgan fingerprint density at radius 3 is 2.56 bits per heavy atom. The molecule has 1 aromatic carbocycles. The Morgan fingerprint density at radius 2 is 2.06 bits per heavy atom. The van der Waals surface area contributed by atoms with Crippen molar-refractivity contribution in [1.82, 2.24) is 0 Å². The molecule has 1 rings (SSSR count). The standard InChI is InChI=1S/C11H17N3O2/c1-4-11(2,3)13-9-5-8(12)6-10(7-9)14(15)16/h5-7,13H,4,12H2,1-3H3. The molecular weight excluding hydrogens is 206 g/mol. The summed E-state index contributed by atoms with van der Waals surface area (Å²) in [7, 11) is 0. The molecule has 3 N–H and O–H groups in total. The highest BCUT2D eigenvalue weighted by atomic mass is 16.6. The summed E-state index contributed by atoms with van der Waals surface area (Å²) >= 11 is 0. The van der Waals surface area contributed by atoms with Crippen molar-refractivity contribution < 1.29 is 4.92 Å². The number of nitrogen functional groups attached to an aromatic ring is 1. The largest absolute Gasteiger partial charge is 0.398 e. The van der Waals surface area contributed by atoms with E-state index in [1.54, 1.807) is 6.07 Å². The average molecular weight is 223 g/mol. The van der Waals surface area contributed by atoms with Gasteiger partial charge in [0.2, 0.25) is 0 Å². The van der Waals surface area contributed by atoms with E-state index in [1.165, 1.54) is 12.1 Å². The van der Waals surface area contributed by atoms with E-state index >= 15 is 0 Å². The summed E-state index contributed by atoms with van der Waals surface area (Å²) in [5.41, 5.74) is 6.58. The normalized spacial score (nSPS) is 11.2. The van der Waals surface area contributed by atoms with Crippen LogP contribution in [0.25, 0.3) is 0 Å². The Hall–Kier alpha value is -1.78. The maximum Gasteiger partial charge on any atom is 0.273 e. The number of rotatable bonds is 4. The number of nitro groups is 1. The number of hydrogen-bond donors (Lipinski definition) is 2. The number of non-ortho nitro benzene ring substituents is 1. The Bertz CT molecular complexity index is 402. The van der Waals surface area contributed by atoms with E-state index in [0.29, 0.717) is 11.4 Å². The van der Waals surface area contributed by atoms with E-state index in [-0.39, 0.29) is 11.2 Å². The van der Waals surface area contributed by atoms with Gasteiger partial charge in [0.05, 0.1) is 4.92 Å². The van der Waals surface area contributed by atoms with Crippen molar-refractivity contribution in [3.8, 4) is 0 Å². The molecule has 5 nitrogen and oxygen atoms in total. The lowest BCUT2D eigenvalue weighted by Gasteiger charge is -2.25. The second-order valence-corrected chi connectivity index (χ2v) is 4.43. The molecule has 0 unspecified atom stereocenters. The van der Waals surface area contributed by atoms with E-state index < -0.39 is 4.92 Å². The number of nitrogens with zero attached hydrogens (tertiary/aromatic N) is 1. The second-order valence-electron chi connectivity index (χ2n) is 4.43. The van der Waals surface area contributed by atoms with Crippen LogP contribution in [0.2, 0.25) is 0 Å². The molecule has 0 saturated carbocycles. The molecule has 0 aromatic heterocycles. The average Bonchev–Trinajstić information content (AvgIpc) is 2.16. The first-order valence-corrected chi connectivity index (χ1v) is 5.17. The summed E-state index contributed by atoms with van der Waals surface area (Å²) in [6.07, 6.45) is 0.912. The van der Waals surface area contributed by atoms with E-state index in [1.807, 2.05) is 20.8 Å². The molecule has 0 bridgehead atoms. The van der Waals surface area contributed by atoms with Gasteiger partial charge in [-0.25, -0.2) is 0 Å². The number of nitrogens with one attached hydrogen (secondary N) is 1. The monoisotopic (exact) mass is 223 g/mol. The van der Waals surface area contributed by atoms with Gasteiger partial charge in [0, 0.05) is 29.0 Å². The molecule has 0 aliphatic rings. The first-order chi connectivity index (χ1) is 7.34. The zero-order valence-corrected chi connectivity index (χ0v) is 9.78. The summed E-state index contributed by atoms with van der Waals surface area (Å²) in [6, 6.07) is 4.54. The van der Waals surface area contributed by atoms with Gasteiger partial charge < -0.3 is 11.1 Å². The number of hydrogen-bond acceptors (Lipinski definition) is 4. The minimum atomic E-state index is -0.444. The molecule has 0 aliphatic carbocycles. The highest BCUT2D eigenvalue weighted by Gasteiger charge is 2.16. The van der Waals surface area contributed by atoms with Crippen molar-refractivity contribution in [3.63, 3.8) is 0 Å². The van der Waals surface area contributed by atoms with E-state index in [2.05, 4.69) is 5.32 Å². The fraction of sp³-hybridized carbons (Fsp3) is 0.455. The Morgan fingerprint density at radius 1 is 1.44 bits per heavy atom. The molecule has 0 saturated heterocycles. The third kappa shape index (κ3) is 3.12. The molecule has 0 heterocycles. The van der Waals surface area contributed by atoms with Gasteiger partial charge in [-0.2, -0.15) is 0 Å². The Kier molecular flexibility index (Phi) is 3.37. The quantitative estimate of drug-likeness (QED) is 0.467. The number of benzene rings is 1.